The fourth-order valence-electron chi connectivity index (χ4n) is 2.03. The van der Waals surface area contributed by atoms with E-state index in [-0.39, 0.29) is 19.1 Å². The predicted molar refractivity (Wildman–Crippen MR) is 66.7 cm³/mol. The molecule has 0 saturated carbocycles. The monoisotopic (exact) mass is 260 g/mol. The predicted octanol–water partition coefficient (Wildman–Crippen LogP) is 1.47. The normalized spacial score (nSPS) is 13.7. The Balaban J connectivity index is 2.06. The van der Waals surface area contributed by atoms with Gasteiger partial charge in [-0.2, -0.15) is 0 Å². The molecule has 1 amide bonds. The van der Waals surface area contributed by atoms with Crippen LogP contribution >= 0.6 is 0 Å². The molecule has 1 aliphatic heterocycles. The van der Waals surface area contributed by atoms with Crippen LogP contribution in [0.5, 0.6) is 5.75 Å². The van der Waals surface area contributed by atoms with Crippen LogP contribution in [0.4, 0.5) is 5.69 Å². The summed E-state index contributed by atoms with van der Waals surface area (Å²) in [7, 11) is 0. The minimum absolute atomic E-state index is 0.0251. The lowest BCUT2D eigenvalue weighted by molar-refractivity contribution is -0.118. The Morgan fingerprint density at radius 2 is 2.32 bits per heavy atom. The lowest BCUT2D eigenvalue weighted by atomic mass is 10.1. The van der Waals surface area contributed by atoms with E-state index in [2.05, 4.69) is 10.5 Å². The number of carbonyl (C=O) groups excluding carboxylic acids is 1. The van der Waals surface area contributed by atoms with Gasteiger partial charge in [-0.15, -0.1) is 0 Å². The maximum atomic E-state index is 11.3. The third kappa shape index (κ3) is 1.96. The number of fused-ring (bicyclic) bond motifs is 1. The second-order valence-corrected chi connectivity index (χ2v) is 4.27. The van der Waals surface area contributed by atoms with Crippen LogP contribution in [0.2, 0.25) is 0 Å². The largest absolute Gasteiger partial charge is 0.482 e. The second kappa shape index (κ2) is 4.40. The maximum absolute atomic E-state index is 11.3. The quantitative estimate of drug-likeness (QED) is 0.854. The zero-order valence-corrected chi connectivity index (χ0v) is 10.3. The smallest absolute Gasteiger partial charge is 0.262 e. The summed E-state index contributed by atoms with van der Waals surface area (Å²) in [5.74, 6) is 1.01. The molecule has 19 heavy (non-hydrogen) atoms. The van der Waals surface area contributed by atoms with Gasteiger partial charge in [0, 0.05) is 11.1 Å². The molecule has 0 aliphatic carbocycles. The van der Waals surface area contributed by atoms with Crippen molar-refractivity contribution in [2.75, 3.05) is 11.9 Å². The first-order chi connectivity index (χ1) is 9.19. The van der Waals surface area contributed by atoms with E-state index >= 15 is 0 Å². The highest BCUT2D eigenvalue weighted by Gasteiger charge is 2.19. The molecule has 0 saturated heterocycles. The third-order valence-corrected chi connectivity index (χ3v) is 3.03. The van der Waals surface area contributed by atoms with E-state index in [0.29, 0.717) is 28.5 Å². The number of rotatable bonds is 2. The molecule has 0 spiro atoms. The molecule has 3 rings (SSSR count). The molecule has 98 valence electrons. The SMILES string of the molecule is Cc1onc(-c2ccc3c(c2)NC(=O)CO3)c1CO. The summed E-state index contributed by atoms with van der Waals surface area (Å²) in [6.07, 6.45) is 0. The van der Waals surface area contributed by atoms with Gasteiger partial charge < -0.3 is 19.7 Å². The Labute approximate surface area is 109 Å². The van der Waals surface area contributed by atoms with Crippen LogP contribution in [0.25, 0.3) is 11.3 Å². The fourth-order valence-corrected chi connectivity index (χ4v) is 2.03. The van der Waals surface area contributed by atoms with Gasteiger partial charge in [-0.3, -0.25) is 4.79 Å². The lowest BCUT2D eigenvalue weighted by Crippen LogP contribution is -2.25. The Kier molecular flexibility index (Phi) is 2.72. The van der Waals surface area contributed by atoms with Gasteiger partial charge in [0.15, 0.2) is 6.61 Å². The molecule has 2 aromatic rings. The van der Waals surface area contributed by atoms with Gasteiger partial charge in [0.2, 0.25) is 0 Å². The van der Waals surface area contributed by atoms with Crippen molar-refractivity contribution in [2.45, 2.75) is 13.5 Å². The molecule has 1 aliphatic rings. The van der Waals surface area contributed by atoms with Crippen LogP contribution in [0.15, 0.2) is 22.7 Å². The molecule has 0 bridgehead atoms. The van der Waals surface area contributed by atoms with Crippen molar-refractivity contribution in [2.24, 2.45) is 0 Å². The van der Waals surface area contributed by atoms with Gasteiger partial charge in [-0.1, -0.05) is 5.16 Å². The number of nitrogens with one attached hydrogen (secondary N) is 1. The minimum Gasteiger partial charge on any atom is -0.482 e. The first-order valence-corrected chi connectivity index (χ1v) is 5.82. The van der Waals surface area contributed by atoms with E-state index in [1.807, 2.05) is 6.07 Å². The van der Waals surface area contributed by atoms with Crippen molar-refractivity contribution in [1.82, 2.24) is 5.16 Å². The number of nitrogens with zero attached hydrogens (tertiary/aromatic N) is 1. The van der Waals surface area contributed by atoms with E-state index in [1.54, 1.807) is 19.1 Å². The molecule has 0 atom stereocenters. The van der Waals surface area contributed by atoms with Crippen LogP contribution in [0.1, 0.15) is 11.3 Å². The first-order valence-electron chi connectivity index (χ1n) is 5.82. The Bertz CT molecular complexity index is 648. The summed E-state index contributed by atoms with van der Waals surface area (Å²) in [5.41, 5.74) is 2.56. The third-order valence-electron chi connectivity index (χ3n) is 3.03. The molecule has 6 nitrogen and oxygen atoms in total. The Hall–Kier alpha value is -2.34. The number of ether oxygens (including phenoxy) is 1. The highest BCUT2D eigenvalue weighted by atomic mass is 16.5. The van der Waals surface area contributed by atoms with E-state index in [0.717, 1.165) is 5.56 Å². The maximum Gasteiger partial charge on any atom is 0.262 e. The van der Waals surface area contributed by atoms with E-state index in [4.69, 9.17) is 9.26 Å². The summed E-state index contributed by atoms with van der Waals surface area (Å²) in [4.78, 5) is 11.3. The zero-order chi connectivity index (χ0) is 13.4. The summed E-state index contributed by atoms with van der Waals surface area (Å²) in [6, 6.07) is 5.32. The van der Waals surface area contributed by atoms with E-state index in [1.165, 1.54) is 0 Å². The van der Waals surface area contributed by atoms with Crippen molar-refractivity contribution in [3.05, 3.63) is 29.5 Å². The van der Waals surface area contributed by atoms with Gasteiger partial charge in [0.1, 0.15) is 17.2 Å². The van der Waals surface area contributed by atoms with E-state index < -0.39 is 0 Å². The average molecular weight is 260 g/mol. The molecule has 2 N–H and O–H groups in total. The van der Waals surface area contributed by atoms with Crippen LogP contribution < -0.4 is 10.1 Å². The van der Waals surface area contributed by atoms with Crippen molar-refractivity contribution in [1.29, 1.82) is 0 Å². The lowest BCUT2D eigenvalue weighted by Gasteiger charge is -2.18. The van der Waals surface area contributed by atoms with Gasteiger partial charge in [0.25, 0.3) is 5.91 Å². The van der Waals surface area contributed by atoms with E-state index in [9.17, 15) is 9.90 Å². The number of benzene rings is 1. The summed E-state index contributed by atoms with van der Waals surface area (Å²) >= 11 is 0. The van der Waals surface area contributed by atoms with Crippen molar-refractivity contribution < 1.29 is 19.2 Å². The molecule has 1 aromatic carbocycles. The summed E-state index contributed by atoms with van der Waals surface area (Å²) in [6.45, 7) is 1.62. The zero-order valence-electron chi connectivity index (χ0n) is 10.3. The van der Waals surface area contributed by atoms with Crippen molar-refractivity contribution >= 4 is 11.6 Å². The number of aromatic nitrogens is 1. The van der Waals surface area contributed by atoms with Gasteiger partial charge in [0.05, 0.1) is 12.3 Å². The van der Waals surface area contributed by atoms with Crippen LogP contribution in [0.3, 0.4) is 0 Å². The van der Waals surface area contributed by atoms with Gasteiger partial charge >= 0.3 is 0 Å². The topological polar surface area (TPSA) is 84.6 Å². The highest BCUT2D eigenvalue weighted by molar-refractivity contribution is 5.96. The van der Waals surface area contributed by atoms with Crippen LogP contribution in [-0.2, 0) is 11.4 Å². The number of carbonyl (C=O) groups is 1. The number of amides is 1. The number of aliphatic hydroxyl groups excluding tert-OH is 1. The minimum atomic E-state index is -0.191. The van der Waals surface area contributed by atoms with Crippen molar-refractivity contribution in [3.63, 3.8) is 0 Å². The molecule has 6 heteroatoms. The number of hydrogen-bond acceptors (Lipinski definition) is 5. The molecule has 1 aromatic heterocycles. The second-order valence-electron chi connectivity index (χ2n) is 4.27. The highest BCUT2D eigenvalue weighted by Crippen LogP contribution is 2.34. The first kappa shape index (κ1) is 11.7. The summed E-state index contributed by atoms with van der Waals surface area (Å²) in [5, 5.41) is 16.0. The molecule has 0 unspecified atom stereocenters. The number of aryl methyl sites for hydroxylation is 1. The van der Waals surface area contributed by atoms with Crippen LogP contribution in [0, 0.1) is 6.92 Å². The number of aliphatic hydroxyl groups is 1. The molecular weight excluding hydrogens is 248 g/mol. The summed E-state index contributed by atoms with van der Waals surface area (Å²) < 4.78 is 10.4. The van der Waals surface area contributed by atoms with Gasteiger partial charge in [-0.05, 0) is 25.1 Å². The average Bonchev–Trinajstić information content (AvgIpc) is 2.79. The number of hydrogen-bond donors (Lipinski definition) is 2. The number of anilines is 1. The molecule has 0 radical (unpaired) electrons. The van der Waals surface area contributed by atoms with Crippen molar-refractivity contribution in [3.8, 4) is 17.0 Å². The Morgan fingerprint density at radius 3 is 3.11 bits per heavy atom. The van der Waals surface area contributed by atoms with Gasteiger partial charge in [-0.25, -0.2) is 0 Å². The molecule has 2 heterocycles. The Morgan fingerprint density at radius 1 is 1.47 bits per heavy atom. The molecule has 0 fully saturated rings. The standard InChI is InChI=1S/C13H12N2O4/c1-7-9(5-16)13(15-19-7)8-2-3-11-10(4-8)14-12(17)6-18-11/h2-4,16H,5-6H2,1H3,(H,14,17). The fraction of sp³-hybridized carbons (Fsp3) is 0.231. The molecular formula is C13H12N2O4. The van der Waals surface area contributed by atoms with Crippen LogP contribution in [-0.4, -0.2) is 22.8 Å².